The number of rotatable bonds is 4. The summed E-state index contributed by atoms with van der Waals surface area (Å²) >= 11 is 6.14. The molecule has 0 bridgehead atoms. The van der Waals surface area contributed by atoms with Crippen molar-refractivity contribution in [2.24, 2.45) is 5.10 Å². The molecule has 0 aliphatic rings. The molecule has 0 aliphatic heterocycles. The molecule has 1 N–H and O–H groups in total. The van der Waals surface area contributed by atoms with E-state index in [0.29, 0.717) is 10.7 Å². The van der Waals surface area contributed by atoms with Crippen LogP contribution in [0.5, 0.6) is 0 Å². The molecule has 0 saturated heterocycles. The highest BCUT2D eigenvalue weighted by atomic mass is 35.5. The Morgan fingerprint density at radius 1 is 1.28 bits per heavy atom. The van der Waals surface area contributed by atoms with Crippen LogP contribution in [0.25, 0.3) is 5.69 Å². The standard InChI is InChI=1S/C20H15ClN6O2/c1-12-3-4-15(9-17(12)21)27-20(29)16(10-22)13(2)18(26-27)19(28)25-24-11-14-5-7-23-8-6-14/h3-9,11H,1-2H3,(H,25,28)/b24-11+. The number of benzene rings is 1. The van der Waals surface area contributed by atoms with Gasteiger partial charge in [0.05, 0.1) is 11.9 Å². The van der Waals surface area contributed by atoms with Crippen molar-refractivity contribution in [3.05, 3.63) is 86.0 Å². The monoisotopic (exact) mass is 406 g/mol. The van der Waals surface area contributed by atoms with Crippen LogP contribution >= 0.6 is 11.6 Å². The van der Waals surface area contributed by atoms with Gasteiger partial charge in [-0.3, -0.25) is 14.6 Å². The van der Waals surface area contributed by atoms with Gasteiger partial charge in [0, 0.05) is 23.0 Å². The topological polar surface area (TPSA) is 113 Å². The number of nitrogens with zero attached hydrogens (tertiary/aromatic N) is 5. The Morgan fingerprint density at radius 2 is 2.00 bits per heavy atom. The van der Waals surface area contributed by atoms with Crippen molar-refractivity contribution in [1.82, 2.24) is 20.2 Å². The van der Waals surface area contributed by atoms with E-state index in [1.807, 2.05) is 13.0 Å². The number of halogens is 1. The predicted octanol–water partition coefficient (Wildman–Crippen LogP) is 2.53. The molecule has 0 unspecified atom stereocenters. The summed E-state index contributed by atoms with van der Waals surface area (Å²) in [6.07, 6.45) is 4.63. The highest BCUT2D eigenvalue weighted by Gasteiger charge is 2.20. The Bertz CT molecular complexity index is 1210. The fourth-order valence-corrected chi connectivity index (χ4v) is 2.68. The third-order valence-corrected chi connectivity index (χ3v) is 4.56. The van der Waals surface area contributed by atoms with Crippen molar-refractivity contribution >= 4 is 23.7 Å². The highest BCUT2D eigenvalue weighted by Crippen LogP contribution is 2.19. The second kappa shape index (κ2) is 8.46. The minimum Gasteiger partial charge on any atom is -0.266 e. The van der Waals surface area contributed by atoms with Gasteiger partial charge in [-0.1, -0.05) is 17.7 Å². The number of hydrogen-bond acceptors (Lipinski definition) is 6. The Labute approximate surface area is 171 Å². The van der Waals surface area contributed by atoms with Gasteiger partial charge in [0.2, 0.25) is 0 Å². The average Bonchev–Trinajstić information content (AvgIpc) is 2.71. The summed E-state index contributed by atoms with van der Waals surface area (Å²) in [5.74, 6) is -0.656. The average molecular weight is 407 g/mol. The van der Waals surface area contributed by atoms with Crippen molar-refractivity contribution in [2.45, 2.75) is 13.8 Å². The number of carbonyl (C=O) groups is 1. The minimum absolute atomic E-state index is 0.0928. The molecule has 8 nitrogen and oxygen atoms in total. The first kappa shape index (κ1) is 19.9. The van der Waals surface area contributed by atoms with Crippen LogP contribution in [0.2, 0.25) is 5.02 Å². The molecule has 1 aromatic carbocycles. The van der Waals surface area contributed by atoms with Crippen LogP contribution in [0.1, 0.15) is 32.7 Å². The van der Waals surface area contributed by atoms with Crippen LogP contribution in [0.4, 0.5) is 0 Å². The maximum Gasteiger partial charge on any atom is 0.292 e. The van der Waals surface area contributed by atoms with Crippen molar-refractivity contribution in [3.8, 4) is 11.8 Å². The molecule has 0 radical (unpaired) electrons. The number of aryl methyl sites for hydroxylation is 1. The second-order valence-corrected chi connectivity index (χ2v) is 6.50. The molecule has 144 valence electrons. The van der Waals surface area contributed by atoms with E-state index in [2.05, 4.69) is 20.6 Å². The minimum atomic E-state index is -0.656. The number of nitrogens with one attached hydrogen (secondary N) is 1. The van der Waals surface area contributed by atoms with Crippen LogP contribution in [0.3, 0.4) is 0 Å². The lowest BCUT2D eigenvalue weighted by molar-refractivity contribution is 0.0947. The zero-order valence-corrected chi connectivity index (χ0v) is 16.3. The zero-order valence-electron chi connectivity index (χ0n) is 15.5. The lowest BCUT2D eigenvalue weighted by Crippen LogP contribution is -2.31. The predicted molar refractivity (Wildman–Crippen MR) is 108 cm³/mol. The Balaban J connectivity index is 2.01. The molecule has 1 amide bonds. The van der Waals surface area contributed by atoms with Crippen LogP contribution in [0, 0.1) is 25.2 Å². The van der Waals surface area contributed by atoms with Gasteiger partial charge >= 0.3 is 0 Å². The second-order valence-electron chi connectivity index (χ2n) is 6.09. The van der Waals surface area contributed by atoms with Gasteiger partial charge in [-0.2, -0.15) is 20.1 Å². The molecule has 0 fully saturated rings. The van der Waals surface area contributed by atoms with E-state index in [9.17, 15) is 14.9 Å². The molecule has 2 aromatic heterocycles. The first-order valence-corrected chi connectivity index (χ1v) is 8.84. The molecular weight excluding hydrogens is 392 g/mol. The maximum absolute atomic E-state index is 12.7. The molecule has 3 rings (SSSR count). The van der Waals surface area contributed by atoms with Crippen LogP contribution in [0.15, 0.2) is 52.6 Å². The highest BCUT2D eigenvalue weighted by molar-refractivity contribution is 6.31. The summed E-state index contributed by atoms with van der Waals surface area (Å²) in [7, 11) is 0. The Kier molecular flexibility index (Phi) is 5.81. The lowest BCUT2D eigenvalue weighted by Gasteiger charge is -2.11. The Morgan fingerprint density at radius 3 is 2.66 bits per heavy atom. The van der Waals surface area contributed by atoms with Crippen molar-refractivity contribution in [2.75, 3.05) is 0 Å². The first-order chi connectivity index (χ1) is 13.9. The summed E-state index contributed by atoms with van der Waals surface area (Å²) in [4.78, 5) is 29.1. The SMILES string of the molecule is Cc1ccc(-n2nc(C(=O)N/N=C/c3ccncc3)c(C)c(C#N)c2=O)cc1Cl. The molecule has 29 heavy (non-hydrogen) atoms. The fourth-order valence-electron chi connectivity index (χ4n) is 2.51. The van der Waals surface area contributed by atoms with E-state index >= 15 is 0 Å². The molecule has 0 saturated carbocycles. The van der Waals surface area contributed by atoms with Crippen molar-refractivity contribution in [3.63, 3.8) is 0 Å². The Hall–Kier alpha value is -3.83. The fraction of sp³-hybridized carbons (Fsp3) is 0.100. The van der Waals surface area contributed by atoms with Crippen LogP contribution in [-0.2, 0) is 0 Å². The largest absolute Gasteiger partial charge is 0.292 e. The smallest absolute Gasteiger partial charge is 0.266 e. The number of amides is 1. The van der Waals surface area contributed by atoms with Crippen molar-refractivity contribution < 1.29 is 4.79 Å². The van der Waals surface area contributed by atoms with Gasteiger partial charge in [-0.05, 0) is 49.2 Å². The number of carbonyl (C=O) groups excluding carboxylic acids is 1. The van der Waals surface area contributed by atoms with E-state index < -0.39 is 11.5 Å². The van der Waals surface area contributed by atoms with Gasteiger partial charge in [0.1, 0.15) is 11.6 Å². The molecule has 0 aliphatic carbocycles. The van der Waals surface area contributed by atoms with Gasteiger partial charge in [-0.15, -0.1) is 0 Å². The molecule has 2 heterocycles. The first-order valence-electron chi connectivity index (χ1n) is 8.46. The summed E-state index contributed by atoms with van der Waals surface area (Å²) in [5, 5.41) is 17.9. The summed E-state index contributed by atoms with van der Waals surface area (Å²) < 4.78 is 0.984. The van der Waals surface area contributed by atoms with Gasteiger partial charge in [0.25, 0.3) is 11.5 Å². The zero-order chi connectivity index (χ0) is 21.0. The molecule has 3 aromatic rings. The number of pyridine rings is 1. The summed E-state index contributed by atoms with van der Waals surface area (Å²) in [6, 6.07) is 10.2. The van der Waals surface area contributed by atoms with Crippen LogP contribution < -0.4 is 11.0 Å². The van der Waals surface area contributed by atoms with E-state index in [1.165, 1.54) is 13.1 Å². The summed E-state index contributed by atoms with van der Waals surface area (Å²) in [6.45, 7) is 3.30. The number of hydrogen-bond donors (Lipinski definition) is 1. The normalized spacial score (nSPS) is 10.7. The summed E-state index contributed by atoms with van der Waals surface area (Å²) in [5.41, 5.74) is 3.52. The van der Waals surface area contributed by atoms with E-state index in [-0.39, 0.29) is 16.8 Å². The van der Waals surface area contributed by atoms with E-state index in [4.69, 9.17) is 11.6 Å². The molecule has 9 heteroatoms. The van der Waals surface area contributed by atoms with Gasteiger partial charge < -0.3 is 0 Å². The molecule has 0 spiro atoms. The quantitative estimate of drug-likeness (QED) is 0.528. The third kappa shape index (κ3) is 4.20. The van der Waals surface area contributed by atoms with Gasteiger partial charge in [0.15, 0.2) is 5.69 Å². The van der Waals surface area contributed by atoms with E-state index in [0.717, 1.165) is 15.8 Å². The number of aromatic nitrogens is 3. The van der Waals surface area contributed by atoms with Crippen molar-refractivity contribution in [1.29, 1.82) is 5.26 Å². The van der Waals surface area contributed by atoms with Gasteiger partial charge in [-0.25, -0.2) is 5.43 Å². The third-order valence-electron chi connectivity index (χ3n) is 4.15. The molecule has 0 atom stereocenters. The number of hydrazone groups is 1. The number of nitriles is 1. The maximum atomic E-state index is 12.7. The van der Waals surface area contributed by atoms with Crippen LogP contribution in [-0.4, -0.2) is 26.9 Å². The molecular formula is C20H15ClN6O2. The van der Waals surface area contributed by atoms with E-state index in [1.54, 1.807) is 42.7 Å². The lowest BCUT2D eigenvalue weighted by atomic mass is 10.1.